The van der Waals surface area contributed by atoms with Gasteiger partial charge in [-0.05, 0) is 39.8 Å². The van der Waals surface area contributed by atoms with Crippen LogP contribution < -0.4 is 4.90 Å². The minimum Gasteiger partial charge on any atom is -0.318 e. The van der Waals surface area contributed by atoms with E-state index in [0.717, 1.165) is 24.1 Å². The maximum atomic E-state index is 11.7. The lowest BCUT2D eigenvalue weighted by atomic mass is 10.0. The third-order valence-corrected chi connectivity index (χ3v) is 5.15. The molecule has 0 saturated heterocycles. The number of benzene rings is 1. The van der Waals surface area contributed by atoms with E-state index in [0.29, 0.717) is 11.7 Å². The van der Waals surface area contributed by atoms with Crippen LogP contribution in [0.4, 0.5) is 5.69 Å². The quantitative estimate of drug-likeness (QED) is 0.598. The molecule has 2 rings (SSSR count). The lowest BCUT2D eigenvalue weighted by Gasteiger charge is -2.41. The summed E-state index contributed by atoms with van der Waals surface area (Å²) in [4.78, 5) is 24.6. The Bertz CT molecular complexity index is 559. The number of carbonyl (C=O) groups excluding carboxylic acids is 2. The van der Waals surface area contributed by atoms with Crippen LogP contribution in [0.5, 0.6) is 0 Å². The van der Waals surface area contributed by atoms with E-state index in [4.69, 9.17) is 0 Å². The van der Waals surface area contributed by atoms with Crippen molar-refractivity contribution in [3.63, 3.8) is 0 Å². The van der Waals surface area contributed by atoms with Crippen LogP contribution in [0.15, 0.2) is 36.4 Å². The van der Waals surface area contributed by atoms with Crippen LogP contribution in [0.2, 0.25) is 0 Å². The molecule has 22 heavy (non-hydrogen) atoms. The lowest BCUT2D eigenvalue weighted by molar-refractivity contribution is -0.950. The highest BCUT2D eigenvalue weighted by molar-refractivity contribution is 6.28. The van der Waals surface area contributed by atoms with E-state index in [9.17, 15) is 9.59 Å². The van der Waals surface area contributed by atoms with E-state index in [-0.39, 0.29) is 11.8 Å². The Morgan fingerprint density at radius 1 is 0.909 bits per heavy atom. The molecular weight excluding hydrogens is 276 g/mol. The molecule has 4 nitrogen and oxygen atoms in total. The van der Waals surface area contributed by atoms with Crippen molar-refractivity contribution in [1.29, 1.82) is 0 Å². The third kappa shape index (κ3) is 2.71. The van der Waals surface area contributed by atoms with Gasteiger partial charge in [0, 0.05) is 17.7 Å². The Morgan fingerprint density at radius 3 is 1.77 bits per heavy atom. The number of rotatable bonds is 6. The van der Waals surface area contributed by atoms with Gasteiger partial charge in [-0.2, -0.15) is 0 Å². The molecule has 0 spiro atoms. The molecule has 118 valence electrons. The molecule has 1 aliphatic rings. The Hall–Kier alpha value is -1.94. The molecule has 1 unspecified atom stereocenters. The SMILES string of the molecule is CC[N+](CC)(CC)C(C)c1ccc(N2C(=O)C=CC2=O)cc1. The molecule has 0 radical (unpaired) electrons. The Balaban J connectivity index is 2.25. The van der Waals surface area contributed by atoms with Gasteiger partial charge >= 0.3 is 0 Å². The summed E-state index contributed by atoms with van der Waals surface area (Å²) >= 11 is 0. The number of imide groups is 1. The maximum Gasteiger partial charge on any atom is 0.258 e. The average Bonchev–Trinajstić information content (AvgIpc) is 2.88. The molecule has 4 heteroatoms. The van der Waals surface area contributed by atoms with Crippen molar-refractivity contribution in [3.05, 3.63) is 42.0 Å². The van der Waals surface area contributed by atoms with Crippen LogP contribution in [-0.4, -0.2) is 35.9 Å². The molecule has 1 heterocycles. The van der Waals surface area contributed by atoms with Gasteiger partial charge in [0.25, 0.3) is 11.8 Å². The number of carbonyl (C=O) groups is 2. The summed E-state index contributed by atoms with van der Waals surface area (Å²) in [5, 5.41) is 0. The molecule has 0 saturated carbocycles. The van der Waals surface area contributed by atoms with Gasteiger partial charge in [0.05, 0.1) is 25.3 Å². The van der Waals surface area contributed by atoms with Gasteiger partial charge in [-0.15, -0.1) is 0 Å². The highest BCUT2D eigenvalue weighted by Crippen LogP contribution is 2.30. The molecule has 1 atom stereocenters. The number of anilines is 1. The first-order chi connectivity index (χ1) is 10.5. The summed E-state index contributed by atoms with van der Waals surface area (Å²) in [6, 6.07) is 8.19. The van der Waals surface area contributed by atoms with Crippen molar-refractivity contribution in [1.82, 2.24) is 0 Å². The molecule has 1 aromatic rings. The number of amides is 2. The highest BCUT2D eigenvalue weighted by atomic mass is 16.2. The van der Waals surface area contributed by atoms with E-state index in [1.165, 1.54) is 22.6 Å². The summed E-state index contributed by atoms with van der Waals surface area (Å²) in [5.74, 6) is -0.543. The molecular formula is C18H25N2O2+. The second kappa shape index (κ2) is 6.44. The first-order valence-corrected chi connectivity index (χ1v) is 8.01. The summed E-state index contributed by atoms with van der Waals surface area (Å²) in [6.07, 6.45) is 2.62. The van der Waals surface area contributed by atoms with Crippen molar-refractivity contribution in [2.45, 2.75) is 33.7 Å². The highest BCUT2D eigenvalue weighted by Gasteiger charge is 2.30. The van der Waals surface area contributed by atoms with Gasteiger partial charge in [0.15, 0.2) is 0 Å². The summed E-state index contributed by atoms with van der Waals surface area (Å²) in [6.45, 7) is 12.2. The number of hydrogen-bond donors (Lipinski definition) is 0. The molecule has 0 aromatic heterocycles. The van der Waals surface area contributed by atoms with Crippen LogP contribution in [-0.2, 0) is 9.59 Å². The number of hydrogen-bond acceptors (Lipinski definition) is 2. The van der Waals surface area contributed by atoms with Crippen LogP contribution in [0.3, 0.4) is 0 Å². The van der Waals surface area contributed by atoms with E-state index in [1.54, 1.807) is 0 Å². The van der Waals surface area contributed by atoms with Gasteiger partial charge in [-0.25, -0.2) is 4.90 Å². The Labute approximate surface area is 132 Å². The number of quaternary nitrogens is 1. The topological polar surface area (TPSA) is 37.4 Å². The predicted octanol–water partition coefficient (Wildman–Crippen LogP) is 3.05. The smallest absolute Gasteiger partial charge is 0.258 e. The molecule has 0 fully saturated rings. The van der Waals surface area contributed by atoms with E-state index in [1.807, 2.05) is 24.3 Å². The van der Waals surface area contributed by atoms with Gasteiger partial charge in [-0.3, -0.25) is 9.59 Å². The number of nitrogens with zero attached hydrogens (tertiary/aromatic N) is 2. The zero-order valence-corrected chi connectivity index (χ0v) is 13.9. The van der Waals surface area contributed by atoms with Gasteiger partial charge in [0.1, 0.15) is 6.04 Å². The first-order valence-electron chi connectivity index (χ1n) is 8.01. The van der Waals surface area contributed by atoms with Crippen molar-refractivity contribution in [2.24, 2.45) is 0 Å². The van der Waals surface area contributed by atoms with Crippen molar-refractivity contribution >= 4 is 17.5 Å². The summed E-state index contributed by atoms with van der Waals surface area (Å²) in [7, 11) is 0. The average molecular weight is 301 g/mol. The molecule has 0 bridgehead atoms. The van der Waals surface area contributed by atoms with Crippen LogP contribution in [0, 0.1) is 0 Å². The molecule has 0 aliphatic carbocycles. The molecule has 1 aliphatic heterocycles. The molecule has 1 aromatic carbocycles. The third-order valence-electron chi connectivity index (χ3n) is 5.15. The summed E-state index contributed by atoms with van der Waals surface area (Å²) < 4.78 is 1.03. The zero-order chi connectivity index (χ0) is 16.3. The van der Waals surface area contributed by atoms with Gasteiger partial charge < -0.3 is 4.48 Å². The normalized spacial score (nSPS) is 16.5. The predicted molar refractivity (Wildman–Crippen MR) is 88.4 cm³/mol. The van der Waals surface area contributed by atoms with E-state index >= 15 is 0 Å². The monoisotopic (exact) mass is 301 g/mol. The molecule has 0 N–H and O–H groups in total. The van der Waals surface area contributed by atoms with Crippen molar-refractivity contribution < 1.29 is 14.1 Å². The van der Waals surface area contributed by atoms with Crippen molar-refractivity contribution in [3.8, 4) is 0 Å². The van der Waals surface area contributed by atoms with Crippen LogP contribution >= 0.6 is 0 Å². The second-order valence-corrected chi connectivity index (χ2v) is 5.78. The van der Waals surface area contributed by atoms with Gasteiger partial charge in [0.2, 0.25) is 0 Å². The minimum atomic E-state index is -0.272. The summed E-state index contributed by atoms with van der Waals surface area (Å²) in [5.41, 5.74) is 1.87. The Morgan fingerprint density at radius 2 is 1.36 bits per heavy atom. The Kier molecular flexibility index (Phi) is 4.81. The fraction of sp³-hybridized carbons (Fsp3) is 0.444. The lowest BCUT2D eigenvalue weighted by Crippen LogP contribution is -2.49. The van der Waals surface area contributed by atoms with Crippen LogP contribution in [0.1, 0.15) is 39.3 Å². The van der Waals surface area contributed by atoms with Crippen molar-refractivity contribution in [2.75, 3.05) is 24.5 Å². The van der Waals surface area contributed by atoms with Gasteiger partial charge in [-0.1, -0.05) is 12.1 Å². The largest absolute Gasteiger partial charge is 0.318 e. The molecule has 2 amide bonds. The standard InChI is InChI=1S/C18H25N2O2/c1-5-20(6-2,7-3)14(4)15-8-10-16(11-9-15)19-17(21)12-13-18(19)22/h8-14H,5-7H2,1-4H3/q+1. The fourth-order valence-corrected chi connectivity index (χ4v) is 3.37. The van der Waals surface area contributed by atoms with Crippen LogP contribution in [0.25, 0.3) is 0 Å². The van der Waals surface area contributed by atoms with E-state index < -0.39 is 0 Å². The minimum absolute atomic E-state index is 0.272. The fourth-order valence-electron chi connectivity index (χ4n) is 3.37. The first kappa shape index (κ1) is 16.4. The maximum absolute atomic E-state index is 11.7. The zero-order valence-electron chi connectivity index (χ0n) is 13.9. The second-order valence-electron chi connectivity index (χ2n) is 5.78. The van der Waals surface area contributed by atoms with E-state index in [2.05, 4.69) is 27.7 Å².